The molecule has 2 N–H and O–H groups in total. The standard InChI is InChI=1S/C23H39N5O4S/c1-6-17(7-2)20(28(16(3)29)21-13-24-15-25-21)14-27-11-8-9-19(27)22(30)26-18(10-12-33-5)23(31)32-4/h13,15,17-20H,6-12,14H2,1-5H3,(H,24,25)(H,26,30). The van der Waals surface area contributed by atoms with Crippen LogP contribution < -0.4 is 10.2 Å². The van der Waals surface area contributed by atoms with E-state index in [1.54, 1.807) is 36.1 Å². The summed E-state index contributed by atoms with van der Waals surface area (Å²) in [6.07, 6.45) is 9.19. The first-order valence-corrected chi connectivity index (χ1v) is 13.2. The zero-order valence-corrected chi connectivity index (χ0v) is 21.3. The first kappa shape index (κ1) is 27.2. The number of likely N-dealkylation sites (tertiary alicyclic amines) is 1. The summed E-state index contributed by atoms with van der Waals surface area (Å²) in [6, 6.07) is -1.08. The molecule has 0 spiro atoms. The van der Waals surface area contributed by atoms with Crippen molar-refractivity contribution in [3.63, 3.8) is 0 Å². The maximum atomic E-state index is 13.2. The molecule has 1 fully saturated rings. The Morgan fingerprint density at radius 3 is 2.64 bits per heavy atom. The second-order valence-corrected chi connectivity index (χ2v) is 9.47. The molecule has 1 aliphatic rings. The number of nitrogens with zero attached hydrogens (tertiary/aromatic N) is 3. The first-order valence-electron chi connectivity index (χ1n) is 11.8. The Bertz CT molecular complexity index is 756. The van der Waals surface area contributed by atoms with Gasteiger partial charge in [-0.25, -0.2) is 9.78 Å². The van der Waals surface area contributed by atoms with Crippen LogP contribution in [0.5, 0.6) is 0 Å². The Balaban J connectivity index is 2.22. The molecule has 2 heterocycles. The number of anilines is 1. The van der Waals surface area contributed by atoms with Crippen LogP contribution in [0.3, 0.4) is 0 Å². The number of nitrogens with one attached hydrogen (secondary N) is 2. The summed E-state index contributed by atoms with van der Waals surface area (Å²) in [6.45, 7) is 7.19. The van der Waals surface area contributed by atoms with Crippen molar-refractivity contribution in [1.82, 2.24) is 20.2 Å². The molecule has 2 rings (SSSR count). The number of methoxy groups -OCH3 is 1. The molecule has 2 amide bonds. The van der Waals surface area contributed by atoms with Crippen molar-refractivity contribution in [3.8, 4) is 0 Å². The molecule has 3 atom stereocenters. The lowest BCUT2D eigenvalue weighted by Crippen LogP contribution is -2.55. The third kappa shape index (κ3) is 7.20. The molecular weight excluding hydrogens is 442 g/mol. The number of carbonyl (C=O) groups excluding carboxylic acids is 3. The van der Waals surface area contributed by atoms with Gasteiger partial charge in [-0.2, -0.15) is 11.8 Å². The van der Waals surface area contributed by atoms with E-state index in [0.717, 1.165) is 38.0 Å². The van der Waals surface area contributed by atoms with E-state index >= 15 is 0 Å². The Morgan fingerprint density at radius 2 is 2.09 bits per heavy atom. The van der Waals surface area contributed by atoms with Gasteiger partial charge in [0.2, 0.25) is 11.8 Å². The van der Waals surface area contributed by atoms with Gasteiger partial charge in [-0.05, 0) is 43.7 Å². The van der Waals surface area contributed by atoms with Crippen LogP contribution in [0.2, 0.25) is 0 Å². The van der Waals surface area contributed by atoms with Crippen molar-refractivity contribution in [3.05, 3.63) is 12.5 Å². The Hall–Kier alpha value is -2.07. The van der Waals surface area contributed by atoms with E-state index in [4.69, 9.17) is 4.74 Å². The predicted molar refractivity (Wildman–Crippen MR) is 131 cm³/mol. The van der Waals surface area contributed by atoms with Crippen LogP contribution in [0.15, 0.2) is 12.5 Å². The normalized spacial score (nSPS) is 18.2. The van der Waals surface area contributed by atoms with Crippen molar-refractivity contribution in [1.29, 1.82) is 0 Å². The van der Waals surface area contributed by atoms with E-state index in [0.29, 0.717) is 18.8 Å². The van der Waals surface area contributed by atoms with Gasteiger partial charge in [0.1, 0.15) is 11.9 Å². The van der Waals surface area contributed by atoms with Crippen LogP contribution in [0, 0.1) is 5.92 Å². The minimum atomic E-state index is -0.647. The monoisotopic (exact) mass is 481 g/mol. The van der Waals surface area contributed by atoms with Crippen molar-refractivity contribution in [2.45, 2.75) is 71.0 Å². The van der Waals surface area contributed by atoms with Crippen LogP contribution in [-0.4, -0.2) is 83.0 Å². The van der Waals surface area contributed by atoms with Gasteiger partial charge >= 0.3 is 5.97 Å². The number of thioether (sulfide) groups is 1. The highest BCUT2D eigenvalue weighted by molar-refractivity contribution is 7.98. The number of esters is 1. The molecule has 186 valence electrons. The van der Waals surface area contributed by atoms with Crippen LogP contribution in [0.4, 0.5) is 5.82 Å². The van der Waals surface area contributed by atoms with Crippen molar-refractivity contribution >= 4 is 35.4 Å². The van der Waals surface area contributed by atoms with E-state index in [2.05, 4.69) is 34.0 Å². The molecule has 33 heavy (non-hydrogen) atoms. The van der Waals surface area contributed by atoms with Gasteiger partial charge in [0.15, 0.2) is 0 Å². The summed E-state index contributed by atoms with van der Waals surface area (Å²) in [4.78, 5) is 49.2. The van der Waals surface area contributed by atoms with Gasteiger partial charge in [-0.3, -0.25) is 19.4 Å². The maximum Gasteiger partial charge on any atom is 0.328 e. The Kier molecular flexibility index (Phi) is 11.2. The van der Waals surface area contributed by atoms with E-state index in [-0.39, 0.29) is 29.8 Å². The van der Waals surface area contributed by atoms with Gasteiger partial charge < -0.3 is 15.0 Å². The topological polar surface area (TPSA) is 108 Å². The molecule has 10 heteroatoms. The molecule has 0 saturated carbocycles. The van der Waals surface area contributed by atoms with E-state index < -0.39 is 12.0 Å². The molecule has 0 aliphatic carbocycles. The van der Waals surface area contributed by atoms with Gasteiger partial charge in [-0.15, -0.1) is 0 Å². The third-order valence-corrected chi connectivity index (χ3v) is 7.15. The van der Waals surface area contributed by atoms with Gasteiger partial charge in [0.05, 0.1) is 31.7 Å². The molecule has 9 nitrogen and oxygen atoms in total. The predicted octanol–water partition coefficient (Wildman–Crippen LogP) is 2.44. The fourth-order valence-corrected chi connectivity index (χ4v) is 5.18. The van der Waals surface area contributed by atoms with E-state index in [1.165, 1.54) is 7.11 Å². The molecule has 1 aromatic rings. The lowest BCUT2D eigenvalue weighted by Gasteiger charge is -2.39. The average molecular weight is 482 g/mol. The SMILES string of the molecule is CCC(CC)C(CN1CCCC1C(=O)NC(CCSC)C(=O)OC)N(C(C)=O)c1cnc[nH]1. The van der Waals surface area contributed by atoms with Crippen molar-refractivity contribution in [2.24, 2.45) is 5.92 Å². The zero-order valence-electron chi connectivity index (χ0n) is 20.5. The van der Waals surface area contributed by atoms with Gasteiger partial charge in [0.25, 0.3) is 0 Å². The van der Waals surface area contributed by atoms with Crippen LogP contribution >= 0.6 is 11.8 Å². The third-order valence-electron chi connectivity index (χ3n) is 6.51. The van der Waals surface area contributed by atoms with E-state index in [9.17, 15) is 14.4 Å². The smallest absolute Gasteiger partial charge is 0.328 e. The zero-order chi connectivity index (χ0) is 24.4. The lowest BCUT2D eigenvalue weighted by atomic mass is 9.92. The number of aromatic nitrogens is 2. The van der Waals surface area contributed by atoms with Crippen LogP contribution in [-0.2, 0) is 19.1 Å². The molecule has 0 bridgehead atoms. The first-order chi connectivity index (χ1) is 15.9. The highest BCUT2D eigenvalue weighted by Crippen LogP contribution is 2.27. The number of aromatic amines is 1. The minimum absolute atomic E-state index is 0.0563. The van der Waals surface area contributed by atoms with Gasteiger partial charge in [0, 0.05) is 13.5 Å². The Morgan fingerprint density at radius 1 is 1.36 bits per heavy atom. The van der Waals surface area contributed by atoms with Crippen LogP contribution in [0.1, 0.15) is 52.9 Å². The number of carbonyl (C=O) groups is 3. The summed E-state index contributed by atoms with van der Waals surface area (Å²) in [5, 5.41) is 2.92. The number of hydrogen-bond acceptors (Lipinski definition) is 7. The molecule has 1 aliphatic heterocycles. The maximum absolute atomic E-state index is 13.2. The molecule has 3 unspecified atom stereocenters. The molecule has 1 saturated heterocycles. The van der Waals surface area contributed by atoms with Gasteiger partial charge in [-0.1, -0.05) is 26.7 Å². The average Bonchev–Trinajstić information content (AvgIpc) is 3.49. The minimum Gasteiger partial charge on any atom is -0.467 e. The second kappa shape index (κ2) is 13.6. The lowest BCUT2D eigenvalue weighted by molar-refractivity contribution is -0.145. The molecule has 0 radical (unpaired) electrons. The summed E-state index contributed by atoms with van der Waals surface area (Å²) in [5.74, 6) is 1.07. The second-order valence-electron chi connectivity index (χ2n) is 8.49. The fraction of sp³-hybridized carbons (Fsp3) is 0.739. The fourth-order valence-electron chi connectivity index (χ4n) is 4.71. The van der Waals surface area contributed by atoms with Crippen LogP contribution in [0.25, 0.3) is 0 Å². The van der Waals surface area contributed by atoms with Crippen molar-refractivity contribution < 1.29 is 19.1 Å². The van der Waals surface area contributed by atoms with E-state index in [1.807, 2.05) is 6.26 Å². The number of hydrogen-bond donors (Lipinski definition) is 2. The number of rotatable bonds is 13. The number of amides is 2. The number of H-pyrrole nitrogens is 1. The largest absolute Gasteiger partial charge is 0.467 e. The summed E-state index contributed by atoms with van der Waals surface area (Å²) >= 11 is 1.62. The summed E-state index contributed by atoms with van der Waals surface area (Å²) in [7, 11) is 1.34. The summed E-state index contributed by atoms with van der Waals surface area (Å²) in [5.41, 5.74) is 0. The number of imidazole rings is 1. The molecule has 0 aromatic carbocycles. The molecular formula is C23H39N5O4S. The van der Waals surface area contributed by atoms with Crippen molar-refractivity contribution in [2.75, 3.05) is 37.1 Å². The number of ether oxygens (including phenoxy) is 1. The highest BCUT2D eigenvalue weighted by Gasteiger charge is 2.38. The quantitative estimate of drug-likeness (QED) is 0.417. The Labute approximate surface area is 201 Å². The highest BCUT2D eigenvalue weighted by atomic mass is 32.2. The molecule has 1 aromatic heterocycles. The summed E-state index contributed by atoms with van der Waals surface area (Å²) < 4.78 is 4.89.